The normalized spacial score (nSPS) is 21.7. The predicted octanol–water partition coefficient (Wildman–Crippen LogP) is 4.57. The van der Waals surface area contributed by atoms with Gasteiger partial charge in [0.25, 0.3) is 5.91 Å². The van der Waals surface area contributed by atoms with Gasteiger partial charge in [-0.25, -0.2) is 17.9 Å². The van der Waals surface area contributed by atoms with Crippen LogP contribution in [0.15, 0.2) is 35.6 Å². The summed E-state index contributed by atoms with van der Waals surface area (Å²) in [7, 11) is -3.60. The van der Waals surface area contributed by atoms with E-state index in [-0.39, 0.29) is 35.2 Å². The number of nitrogens with one attached hydrogen (secondary N) is 1. The molecule has 39 heavy (non-hydrogen) atoms. The third-order valence-corrected chi connectivity index (χ3v) is 8.13. The van der Waals surface area contributed by atoms with Crippen molar-refractivity contribution in [3.8, 4) is 0 Å². The lowest BCUT2D eigenvalue weighted by atomic mass is 9.98. The van der Waals surface area contributed by atoms with Gasteiger partial charge in [0.2, 0.25) is 10.0 Å². The van der Waals surface area contributed by atoms with Crippen LogP contribution in [-0.4, -0.2) is 65.8 Å². The minimum atomic E-state index is -3.60. The Balaban J connectivity index is 1.47. The van der Waals surface area contributed by atoms with Crippen LogP contribution in [0.5, 0.6) is 0 Å². The smallest absolute Gasteiger partial charge is 0.256 e. The van der Waals surface area contributed by atoms with E-state index in [1.165, 1.54) is 12.1 Å². The summed E-state index contributed by atoms with van der Waals surface area (Å²) in [5.41, 5.74) is 11.6. The molecule has 0 radical (unpaired) electrons. The van der Waals surface area contributed by atoms with Gasteiger partial charge in [0.15, 0.2) is 5.65 Å². The highest BCUT2D eigenvalue weighted by atomic mass is 35.5. The number of carbonyl (C=O) groups is 1. The first kappa shape index (κ1) is 27.0. The molecule has 3 aromatic rings. The molecule has 2 aromatic heterocycles. The number of hydrogen-bond acceptors (Lipinski definition) is 7. The number of benzene rings is 1. The summed E-state index contributed by atoms with van der Waals surface area (Å²) in [6.07, 6.45) is 5.43. The van der Waals surface area contributed by atoms with Gasteiger partial charge in [0.05, 0.1) is 35.3 Å². The number of amides is 1. The zero-order chi connectivity index (χ0) is 27.9. The number of rotatable bonds is 6. The number of hydrogen-bond donors (Lipinski definition) is 1. The number of piperidine rings is 1. The first-order valence-electron chi connectivity index (χ1n) is 12.8. The molecule has 12 nitrogen and oxygen atoms in total. The molecule has 2 saturated heterocycles. The fourth-order valence-electron chi connectivity index (χ4n) is 5.46. The van der Waals surface area contributed by atoms with Crippen LogP contribution in [0.4, 0.5) is 11.5 Å². The molecular weight excluding hydrogens is 542 g/mol. The van der Waals surface area contributed by atoms with Gasteiger partial charge in [-0.1, -0.05) is 23.6 Å². The van der Waals surface area contributed by atoms with Crippen LogP contribution in [-0.2, 0) is 10.0 Å². The van der Waals surface area contributed by atoms with E-state index >= 15 is 0 Å². The highest BCUT2D eigenvalue weighted by Gasteiger charge is 2.33. The summed E-state index contributed by atoms with van der Waals surface area (Å²) in [6, 6.07) is 6.03. The van der Waals surface area contributed by atoms with E-state index in [0.717, 1.165) is 37.0 Å². The Labute approximate surface area is 231 Å². The molecule has 2 fully saturated rings. The van der Waals surface area contributed by atoms with Gasteiger partial charge in [-0.05, 0) is 55.8 Å². The summed E-state index contributed by atoms with van der Waals surface area (Å²) < 4.78 is 28.0. The van der Waals surface area contributed by atoms with Crippen molar-refractivity contribution in [2.45, 2.75) is 45.2 Å². The van der Waals surface area contributed by atoms with Crippen LogP contribution in [0.2, 0.25) is 5.02 Å². The second-order valence-electron chi connectivity index (χ2n) is 10.3. The molecule has 4 heterocycles. The van der Waals surface area contributed by atoms with Gasteiger partial charge in [0, 0.05) is 47.4 Å². The largest absolute Gasteiger partial charge is 0.356 e. The Hall–Kier alpha value is -3.54. The number of nitrogens with zero attached hydrogens (tertiary/aromatic N) is 8. The minimum Gasteiger partial charge on any atom is -0.356 e. The second kappa shape index (κ2) is 10.6. The van der Waals surface area contributed by atoms with Crippen molar-refractivity contribution >= 4 is 44.7 Å². The average molecular weight is 572 g/mol. The summed E-state index contributed by atoms with van der Waals surface area (Å²) in [5, 5.41) is 9.05. The van der Waals surface area contributed by atoms with E-state index in [1.54, 1.807) is 15.5 Å². The Kier molecular flexibility index (Phi) is 7.32. The van der Waals surface area contributed by atoms with E-state index < -0.39 is 10.0 Å². The lowest BCUT2D eigenvalue weighted by molar-refractivity contribution is 0.0607. The number of sulfonamides is 1. The van der Waals surface area contributed by atoms with Crippen molar-refractivity contribution in [2.75, 3.05) is 35.5 Å². The van der Waals surface area contributed by atoms with Gasteiger partial charge in [0.1, 0.15) is 5.82 Å². The second-order valence-corrected chi connectivity index (χ2v) is 12.5. The maximum absolute atomic E-state index is 13.8. The quantitative estimate of drug-likeness (QED) is 0.260. The fourth-order valence-corrected chi connectivity index (χ4v) is 6.21. The van der Waals surface area contributed by atoms with Crippen molar-refractivity contribution in [1.29, 1.82) is 0 Å². The molecule has 1 N–H and O–H groups in total. The zero-order valence-electron chi connectivity index (χ0n) is 22.0. The number of anilines is 2. The molecule has 0 aliphatic carbocycles. The number of azide groups is 1. The molecule has 1 aromatic carbocycles. The monoisotopic (exact) mass is 571 g/mol. The zero-order valence-corrected chi connectivity index (χ0v) is 23.5. The standard InChI is InChI=1S/C25H30ClN9O3S/c1-15-12-33(14-21(15)29-32-27)24-16(2)13-35-23(28-24)11-20(30-35)22-6-4-5-9-34(22)25(36)18-10-17(26)7-8-19(18)31-39(3,37)38/h7-8,10-11,13,15,21-22,31H,4-6,9,12,14H2,1-3H3/t15-,21-,22-/m0/s1. The first-order chi connectivity index (χ1) is 18.5. The minimum absolute atomic E-state index is 0.108. The summed E-state index contributed by atoms with van der Waals surface area (Å²) in [4.78, 5) is 25.5. The predicted molar refractivity (Wildman–Crippen MR) is 150 cm³/mol. The number of carbonyl (C=O) groups excluding carboxylic acids is 1. The van der Waals surface area contributed by atoms with E-state index in [0.29, 0.717) is 35.9 Å². The molecule has 0 spiro atoms. The molecule has 0 bridgehead atoms. The maximum Gasteiger partial charge on any atom is 0.256 e. The number of halogens is 1. The third kappa shape index (κ3) is 5.61. The van der Waals surface area contributed by atoms with Crippen molar-refractivity contribution in [3.63, 3.8) is 0 Å². The molecule has 206 valence electrons. The Bertz CT molecular complexity index is 1580. The van der Waals surface area contributed by atoms with Gasteiger partial charge >= 0.3 is 0 Å². The number of aromatic nitrogens is 3. The molecule has 0 saturated carbocycles. The molecular formula is C25H30ClN9O3S. The third-order valence-electron chi connectivity index (χ3n) is 7.31. The van der Waals surface area contributed by atoms with Crippen molar-refractivity contribution in [1.82, 2.24) is 19.5 Å². The highest BCUT2D eigenvalue weighted by molar-refractivity contribution is 7.92. The molecule has 1 amide bonds. The summed E-state index contributed by atoms with van der Waals surface area (Å²) in [6.45, 7) is 5.89. The van der Waals surface area contributed by atoms with Gasteiger partial charge < -0.3 is 9.80 Å². The fraction of sp³-hybridized carbons (Fsp3) is 0.480. The van der Waals surface area contributed by atoms with Crippen molar-refractivity contribution in [3.05, 3.63) is 62.7 Å². The van der Waals surface area contributed by atoms with Crippen molar-refractivity contribution in [2.24, 2.45) is 11.0 Å². The highest BCUT2D eigenvalue weighted by Crippen LogP contribution is 2.35. The van der Waals surface area contributed by atoms with Crippen molar-refractivity contribution < 1.29 is 13.2 Å². The average Bonchev–Trinajstić information content (AvgIpc) is 3.46. The molecule has 2 aliphatic rings. The number of likely N-dealkylation sites (tertiary alicyclic amines) is 1. The molecule has 14 heteroatoms. The van der Waals surface area contributed by atoms with E-state index in [4.69, 9.17) is 27.2 Å². The SMILES string of the molecule is Cc1cn2nc([C@@H]3CCCCN3C(=O)c3cc(Cl)ccc3NS(C)(=O)=O)cc2nc1N1C[C@H](N=[N+]=[N-])[C@@H](C)C1. The first-order valence-corrected chi connectivity index (χ1v) is 15.1. The Morgan fingerprint density at radius 3 is 2.79 bits per heavy atom. The van der Waals surface area contributed by atoms with Crippen LogP contribution < -0.4 is 9.62 Å². The topological polar surface area (TPSA) is 149 Å². The lowest BCUT2D eigenvalue weighted by Gasteiger charge is -2.35. The summed E-state index contributed by atoms with van der Waals surface area (Å²) in [5.74, 6) is 0.725. The van der Waals surface area contributed by atoms with Gasteiger partial charge in [-0.2, -0.15) is 5.10 Å². The van der Waals surface area contributed by atoms with Crippen LogP contribution in [0.3, 0.4) is 0 Å². The maximum atomic E-state index is 13.8. The molecule has 2 aliphatic heterocycles. The summed E-state index contributed by atoms with van der Waals surface area (Å²) >= 11 is 6.20. The molecule has 5 rings (SSSR count). The van der Waals surface area contributed by atoms with Crippen LogP contribution >= 0.6 is 11.6 Å². The van der Waals surface area contributed by atoms with Crippen LogP contribution in [0.1, 0.15) is 53.8 Å². The number of aryl methyl sites for hydroxylation is 1. The van der Waals surface area contributed by atoms with Crippen LogP contribution in [0.25, 0.3) is 16.1 Å². The van der Waals surface area contributed by atoms with E-state index in [1.807, 2.05) is 19.2 Å². The molecule has 0 unspecified atom stereocenters. The van der Waals surface area contributed by atoms with E-state index in [2.05, 4.69) is 26.6 Å². The number of fused-ring (bicyclic) bond motifs is 1. The Morgan fingerprint density at radius 2 is 2.05 bits per heavy atom. The lowest BCUT2D eigenvalue weighted by Crippen LogP contribution is -2.39. The van der Waals surface area contributed by atoms with Gasteiger partial charge in [-0.15, -0.1) is 0 Å². The Morgan fingerprint density at radius 1 is 1.26 bits per heavy atom. The van der Waals surface area contributed by atoms with Gasteiger partial charge in [-0.3, -0.25) is 9.52 Å². The molecule has 3 atom stereocenters. The van der Waals surface area contributed by atoms with Crippen LogP contribution in [0, 0.1) is 12.8 Å². The van der Waals surface area contributed by atoms with E-state index in [9.17, 15) is 13.2 Å².